The summed E-state index contributed by atoms with van der Waals surface area (Å²) >= 11 is 0. The molecule has 6 heteroatoms. The summed E-state index contributed by atoms with van der Waals surface area (Å²) in [5.74, 6) is -2.91. The molecule has 0 unspecified atom stereocenters. The second kappa shape index (κ2) is 7.64. The molecule has 2 aromatic rings. The number of aliphatic hydroxyl groups excluding tert-OH is 1. The molecule has 24 heavy (non-hydrogen) atoms. The summed E-state index contributed by atoms with van der Waals surface area (Å²) in [6.45, 7) is 3.34. The summed E-state index contributed by atoms with van der Waals surface area (Å²) < 4.78 is 10.3. The van der Waals surface area contributed by atoms with Crippen molar-refractivity contribution in [1.82, 2.24) is 0 Å². The van der Waals surface area contributed by atoms with Gasteiger partial charge in [-0.3, -0.25) is 0 Å². The van der Waals surface area contributed by atoms with Gasteiger partial charge in [-0.1, -0.05) is 49.0 Å². The van der Waals surface area contributed by atoms with Crippen molar-refractivity contribution < 1.29 is 29.3 Å². The Morgan fingerprint density at radius 1 is 0.958 bits per heavy atom. The maximum Gasteiger partial charge on any atom is 0.335 e. The van der Waals surface area contributed by atoms with Gasteiger partial charge in [-0.2, -0.15) is 0 Å². The topological polar surface area (TPSA) is 93.1 Å². The maximum absolute atomic E-state index is 11.6. The minimum Gasteiger partial charge on any atom is -0.481 e. The van der Waals surface area contributed by atoms with E-state index in [1.54, 1.807) is 24.3 Å². The van der Waals surface area contributed by atoms with Crippen LogP contribution in [0.4, 0.5) is 0 Å². The zero-order chi connectivity index (χ0) is 17.5. The highest BCUT2D eigenvalue weighted by Gasteiger charge is 2.17. The highest BCUT2D eigenvalue weighted by atomic mass is 16.6. The highest BCUT2D eigenvalue weighted by molar-refractivity contribution is 5.87. The fraction of sp³-hybridized carbons (Fsp3) is 0. The van der Waals surface area contributed by atoms with Crippen LogP contribution >= 0.6 is 0 Å². The Morgan fingerprint density at radius 3 is 2.29 bits per heavy atom. The fourth-order valence-electron chi connectivity index (χ4n) is 1.94. The number of aliphatic hydroxyl groups is 1. The lowest BCUT2D eigenvalue weighted by Crippen LogP contribution is -2.07. The third-order valence-electron chi connectivity index (χ3n) is 2.89. The largest absolute Gasteiger partial charge is 0.481 e. The first-order valence-corrected chi connectivity index (χ1v) is 6.85. The lowest BCUT2D eigenvalue weighted by atomic mass is 10.0. The van der Waals surface area contributed by atoms with Gasteiger partial charge in [0.2, 0.25) is 0 Å². The van der Waals surface area contributed by atoms with Gasteiger partial charge in [-0.05, 0) is 11.6 Å². The quantitative estimate of drug-likeness (QED) is 0.366. The van der Waals surface area contributed by atoms with Crippen molar-refractivity contribution in [3.05, 3.63) is 73.2 Å². The van der Waals surface area contributed by atoms with Crippen molar-refractivity contribution in [2.24, 2.45) is 0 Å². The van der Waals surface area contributed by atoms with Gasteiger partial charge in [0.25, 0.3) is 5.95 Å². The van der Waals surface area contributed by atoms with Gasteiger partial charge in [0.1, 0.15) is 6.08 Å². The average molecular weight is 326 g/mol. The number of esters is 1. The van der Waals surface area contributed by atoms with E-state index >= 15 is 0 Å². The molecule has 0 amide bonds. The molecule has 2 rings (SSSR count). The molecule has 2 aromatic carbocycles. The lowest BCUT2D eigenvalue weighted by Gasteiger charge is -2.14. The van der Waals surface area contributed by atoms with E-state index in [1.807, 2.05) is 18.2 Å². The second-order valence-corrected chi connectivity index (χ2v) is 4.55. The number of rotatable bonds is 6. The standard InChI is InChI=1S/C18H14O6/c1-2-16(21)24-18-13(12-7-4-3-5-8-12)9-6-10-14(18)23-17(22)11-15(19)20/h2-11,22H,1H2,(H,19,20)/b17-11+. The number of ether oxygens (including phenoxy) is 2. The second-order valence-electron chi connectivity index (χ2n) is 4.55. The first-order chi connectivity index (χ1) is 11.5. The van der Waals surface area contributed by atoms with Gasteiger partial charge in [0.05, 0.1) is 0 Å². The van der Waals surface area contributed by atoms with Crippen molar-refractivity contribution in [2.75, 3.05) is 0 Å². The first-order valence-electron chi connectivity index (χ1n) is 6.85. The Balaban J connectivity index is 2.52. The smallest absolute Gasteiger partial charge is 0.335 e. The summed E-state index contributed by atoms with van der Waals surface area (Å²) in [5, 5.41) is 18.2. The van der Waals surface area contributed by atoms with Gasteiger partial charge in [0.15, 0.2) is 11.5 Å². The molecular weight excluding hydrogens is 312 g/mol. The molecule has 0 saturated carbocycles. The third-order valence-corrected chi connectivity index (χ3v) is 2.89. The van der Waals surface area contributed by atoms with E-state index in [2.05, 4.69) is 6.58 Å². The molecule has 0 aliphatic rings. The predicted octanol–water partition coefficient (Wildman–Crippen LogP) is 3.31. The van der Waals surface area contributed by atoms with Crippen molar-refractivity contribution in [3.63, 3.8) is 0 Å². The summed E-state index contributed by atoms with van der Waals surface area (Å²) in [6.07, 6.45) is 1.47. The first kappa shape index (κ1) is 16.8. The molecule has 6 nitrogen and oxygen atoms in total. The zero-order valence-corrected chi connectivity index (χ0v) is 12.5. The van der Waals surface area contributed by atoms with Crippen molar-refractivity contribution in [1.29, 1.82) is 0 Å². The van der Waals surface area contributed by atoms with Crippen LogP contribution in [0.25, 0.3) is 11.1 Å². The normalized spacial score (nSPS) is 10.8. The van der Waals surface area contributed by atoms with Crippen LogP contribution in [0.3, 0.4) is 0 Å². The Morgan fingerprint density at radius 2 is 1.67 bits per heavy atom. The average Bonchev–Trinajstić information content (AvgIpc) is 2.56. The number of para-hydroxylation sites is 1. The minimum absolute atomic E-state index is 0.0125. The monoisotopic (exact) mass is 326 g/mol. The number of carboxylic acid groups (broad SMARTS) is 1. The molecule has 2 N–H and O–H groups in total. The summed E-state index contributed by atoms with van der Waals surface area (Å²) in [7, 11) is 0. The van der Waals surface area contributed by atoms with Crippen molar-refractivity contribution in [2.45, 2.75) is 0 Å². The van der Waals surface area contributed by atoms with E-state index in [4.69, 9.17) is 14.6 Å². The Kier molecular flexibility index (Phi) is 5.36. The van der Waals surface area contributed by atoms with E-state index < -0.39 is 17.9 Å². The number of aliphatic carboxylic acids is 1. The molecule has 0 aliphatic carbocycles. The van der Waals surface area contributed by atoms with Crippen LogP contribution in [0.2, 0.25) is 0 Å². The van der Waals surface area contributed by atoms with Crippen LogP contribution in [0, 0.1) is 0 Å². The molecule has 0 aromatic heterocycles. The van der Waals surface area contributed by atoms with Gasteiger partial charge < -0.3 is 19.7 Å². The van der Waals surface area contributed by atoms with Gasteiger partial charge in [0, 0.05) is 11.6 Å². The van der Waals surface area contributed by atoms with Crippen LogP contribution in [0.15, 0.2) is 73.2 Å². The van der Waals surface area contributed by atoms with Crippen LogP contribution in [-0.2, 0) is 9.59 Å². The molecule has 0 spiro atoms. The molecule has 0 atom stereocenters. The molecule has 0 bridgehead atoms. The van der Waals surface area contributed by atoms with E-state index in [0.717, 1.165) is 11.6 Å². The molecule has 0 radical (unpaired) electrons. The van der Waals surface area contributed by atoms with Gasteiger partial charge in [-0.15, -0.1) is 0 Å². The van der Waals surface area contributed by atoms with E-state index in [1.165, 1.54) is 6.07 Å². The molecule has 0 aliphatic heterocycles. The van der Waals surface area contributed by atoms with Gasteiger partial charge >= 0.3 is 11.9 Å². The predicted molar refractivity (Wildman–Crippen MR) is 86.7 cm³/mol. The molecule has 0 saturated heterocycles. The highest BCUT2D eigenvalue weighted by Crippen LogP contribution is 2.39. The maximum atomic E-state index is 11.6. The van der Waals surface area contributed by atoms with Crippen LogP contribution in [-0.4, -0.2) is 22.2 Å². The lowest BCUT2D eigenvalue weighted by molar-refractivity contribution is -0.132. The number of carboxylic acids is 1. The molecule has 0 fully saturated rings. The number of carbonyl (C=O) groups excluding carboxylic acids is 1. The van der Waals surface area contributed by atoms with E-state index in [0.29, 0.717) is 11.6 Å². The number of hydrogen-bond acceptors (Lipinski definition) is 5. The SMILES string of the molecule is C=CC(=O)Oc1c(O/C(O)=C/C(=O)O)cccc1-c1ccccc1. The Labute approximate surface area is 137 Å². The number of carbonyl (C=O) groups is 2. The van der Waals surface area contributed by atoms with Crippen LogP contribution < -0.4 is 9.47 Å². The van der Waals surface area contributed by atoms with Gasteiger partial charge in [-0.25, -0.2) is 9.59 Å². The summed E-state index contributed by atoms with van der Waals surface area (Å²) in [5.41, 5.74) is 1.28. The third kappa shape index (κ3) is 4.23. The van der Waals surface area contributed by atoms with Crippen LogP contribution in [0.1, 0.15) is 0 Å². The fourth-order valence-corrected chi connectivity index (χ4v) is 1.94. The summed E-state index contributed by atoms with van der Waals surface area (Å²) in [6, 6.07) is 13.8. The van der Waals surface area contributed by atoms with Crippen LogP contribution in [0.5, 0.6) is 11.5 Å². The number of hydrogen-bond donors (Lipinski definition) is 2. The number of benzene rings is 2. The molecular formula is C18H14O6. The van der Waals surface area contributed by atoms with E-state index in [9.17, 15) is 14.7 Å². The summed E-state index contributed by atoms with van der Waals surface area (Å²) in [4.78, 5) is 22.2. The Hall–Kier alpha value is -3.54. The zero-order valence-electron chi connectivity index (χ0n) is 12.5. The molecule has 0 heterocycles. The Bertz CT molecular complexity index is 792. The van der Waals surface area contributed by atoms with Crippen molar-refractivity contribution >= 4 is 11.9 Å². The minimum atomic E-state index is -1.38. The van der Waals surface area contributed by atoms with E-state index in [-0.39, 0.29) is 11.5 Å². The molecule has 122 valence electrons. The van der Waals surface area contributed by atoms with Crippen molar-refractivity contribution in [3.8, 4) is 22.6 Å².